The van der Waals surface area contributed by atoms with Crippen molar-refractivity contribution in [3.05, 3.63) is 17.3 Å². The van der Waals surface area contributed by atoms with Crippen LogP contribution in [0.4, 0.5) is 0 Å². The molecule has 1 unspecified atom stereocenters. The average molecular weight is 307 g/mol. The zero-order chi connectivity index (χ0) is 15.9. The molecule has 0 bridgehead atoms. The fourth-order valence-electron chi connectivity index (χ4n) is 2.78. The topological polar surface area (TPSA) is 65.7 Å². The number of nitrogens with zero attached hydrogens (tertiary/aromatic N) is 3. The lowest BCUT2D eigenvalue weighted by molar-refractivity contribution is 0.210. The van der Waals surface area contributed by atoms with E-state index >= 15 is 0 Å². The largest absolute Gasteiger partial charge is 0.444 e. The van der Waals surface area contributed by atoms with E-state index in [0.717, 1.165) is 37.0 Å². The minimum absolute atomic E-state index is 0.467. The Labute approximate surface area is 133 Å². The van der Waals surface area contributed by atoms with Gasteiger partial charge in [-0.3, -0.25) is 0 Å². The summed E-state index contributed by atoms with van der Waals surface area (Å²) in [6.07, 6.45) is 2.57. The van der Waals surface area contributed by atoms with Crippen molar-refractivity contribution in [3.63, 3.8) is 0 Å². The number of hydrogen-bond acceptors (Lipinski definition) is 4. The number of nitrogens with one attached hydrogen (secondary N) is 2. The minimum atomic E-state index is 0.467. The summed E-state index contributed by atoms with van der Waals surface area (Å²) >= 11 is 0. The van der Waals surface area contributed by atoms with Crippen LogP contribution in [0.25, 0.3) is 0 Å². The van der Waals surface area contributed by atoms with Gasteiger partial charge in [-0.25, -0.2) is 9.98 Å². The maximum absolute atomic E-state index is 5.57. The molecule has 0 aliphatic carbocycles. The van der Waals surface area contributed by atoms with Gasteiger partial charge in [-0.05, 0) is 53.1 Å². The molecule has 0 aromatic carbocycles. The van der Waals surface area contributed by atoms with Crippen LogP contribution >= 0.6 is 0 Å². The van der Waals surface area contributed by atoms with Gasteiger partial charge in [-0.1, -0.05) is 0 Å². The van der Waals surface area contributed by atoms with Crippen LogP contribution < -0.4 is 10.6 Å². The van der Waals surface area contributed by atoms with Crippen LogP contribution in [0.3, 0.4) is 0 Å². The molecule has 22 heavy (non-hydrogen) atoms. The summed E-state index contributed by atoms with van der Waals surface area (Å²) in [6, 6.07) is 0. The Hall–Kier alpha value is -1.56. The van der Waals surface area contributed by atoms with E-state index in [0.29, 0.717) is 18.4 Å². The third-order valence-electron chi connectivity index (χ3n) is 4.07. The lowest BCUT2D eigenvalue weighted by Gasteiger charge is -2.30. The number of aliphatic imine (C=N–C) groups is 1. The summed E-state index contributed by atoms with van der Waals surface area (Å²) in [4.78, 5) is 11.3. The highest BCUT2D eigenvalue weighted by atomic mass is 16.4. The SMILES string of the molecule is CCNC(=NCc1nc(C)c(C)o1)NCC1CCCN(C)C1. The van der Waals surface area contributed by atoms with Gasteiger partial charge in [0.1, 0.15) is 12.3 Å². The third-order valence-corrected chi connectivity index (χ3v) is 4.07. The summed E-state index contributed by atoms with van der Waals surface area (Å²) < 4.78 is 5.57. The van der Waals surface area contributed by atoms with Gasteiger partial charge in [0, 0.05) is 19.6 Å². The Balaban J connectivity index is 1.86. The fourth-order valence-corrected chi connectivity index (χ4v) is 2.78. The van der Waals surface area contributed by atoms with Gasteiger partial charge in [-0.15, -0.1) is 0 Å². The number of rotatable bonds is 5. The zero-order valence-corrected chi connectivity index (χ0v) is 14.3. The number of oxazole rings is 1. The van der Waals surface area contributed by atoms with Crippen LogP contribution in [0.1, 0.15) is 37.1 Å². The predicted octanol–water partition coefficient (Wildman–Crippen LogP) is 1.69. The van der Waals surface area contributed by atoms with Crippen molar-refractivity contribution in [2.75, 3.05) is 33.2 Å². The number of aromatic nitrogens is 1. The molecule has 1 saturated heterocycles. The van der Waals surface area contributed by atoms with E-state index in [-0.39, 0.29) is 0 Å². The van der Waals surface area contributed by atoms with Gasteiger partial charge < -0.3 is 20.0 Å². The first kappa shape index (κ1) is 16.8. The number of hydrogen-bond donors (Lipinski definition) is 2. The summed E-state index contributed by atoms with van der Waals surface area (Å²) in [5.41, 5.74) is 0.938. The molecule has 2 rings (SSSR count). The van der Waals surface area contributed by atoms with Gasteiger partial charge in [0.25, 0.3) is 0 Å². The fraction of sp³-hybridized carbons (Fsp3) is 0.750. The lowest BCUT2D eigenvalue weighted by atomic mass is 9.99. The van der Waals surface area contributed by atoms with Crippen LogP contribution in [-0.4, -0.2) is 49.1 Å². The first-order chi connectivity index (χ1) is 10.6. The molecule has 1 atom stereocenters. The van der Waals surface area contributed by atoms with Crippen molar-refractivity contribution in [2.24, 2.45) is 10.9 Å². The van der Waals surface area contributed by atoms with Crippen molar-refractivity contribution in [1.29, 1.82) is 0 Å². The maximum atomic E-state index is 5.57. The standard InChI is InChI=1S/C16H29N5O/c1-5-17-16(18-9-14-7-6-8-21(4)11-14)19-10-15-20-12(2)13(3)22-15/h14H,5-11H2,1-4H3,(H2,17,18,19). The molecule has 1 aliphatic rings. The van der Waals surface area contributed by atoms with Gasteiger partial charge in [0.05, 0.1) is 5.69 Å². The Bertz CT molecular complexity index is 477. The van der Waals surface area contributed by atoms with E-state index in [9.17, 15) is 0 Å². The quantitative estimate of drug-likeness (QED) is 0.640. The molecular weight excluding hydrogens is 278 g/mol. The average Bonchev–Trinajstić information content (AvgIpc) is 2.81. The van der Waals surface area contributed by atoms with Gasteiger partial charge in [-0.2, -0.15) is 0 Å². The lowest BCUT2D eigenvalue weighted by Crippen LogP contribution is -2.43. The van der Waals surface area contributed by atoms with Gasteiger partial charge >= 0.3 is 0 Å². The second-order valence-corrected chi connectivity index (χ2v) is 6.10. The molecule has 0 spiro atoms. The normalized spacial score (nSPS) is 20.2. The Morgan fingerprint density at radius 2 is 2.23 bits per heavy atom. The summed E-state index contributed by atoms with van der Waals surface area (Å²) in [5.74, 6) is 3.07. The van der Waals surface area contributed by atoms with Crippen molar-refractivity contribution < 1.29 is 4.42 Å². The van der Waals surface area contributed by atoms with E-state index in [4.69, 9.17) is 4.42 Å². The molecule has 1 aromatic rings. The highest BCUT2D eigenvalue weighted by Crippen LogP contribution is 2.14. The third kappa shape index (κ3) is 5.02. The van der Waals surface area contributed by atoms with Crippen molar-refractivity contribution in [2.45, 2.75) is 40.2 Å². The first-order valence-corrected chi connectivity index (χ1v) is 8.22. The van der Waals surface area contributed by atoms with Crippen LogP contribution in [-0.2, 0) is 6.54 Å². The summed E-state index contributed by atoms with van der Waals surface area (Å²) in [7, 11) is 2.19. The van der Waals surface area contributed by atoms with Crippen LogP contribution in [0, 0.1) is 19.8 Å². The minimum Gasteiger partial charge on any atom is -0.444 e. The molecule has 1 aliphatic heterocycles. The number of aryl methyl sites for hydroxylation is 2. The first-order valence-electron chi connectivity index (χ1n) is 8.22. The molecule has 6 heteroatoms. The number of piperidine rings is 1. The van der Waals surface area contributed by atoms with Crippen molar-refractivity contribution in [3.8, 4) is 0 Å². The highest BCUT2D eigenvalue weighted by molar-refractivity contribution is 5.79. The molecule has 124 valence electrons. The second-order valence-electron chi connectivity index (χ2n) is 6.10. The van der Waals surface area contributed by atoms with Crippen molar-refractivity contribution >= 4 is 5.96 Å². The van der Waals surface area contributed by atoms with Gasteiger partial charge in [0.2, 0.25) is 5.89 Å². The summed E-state index contributed by atoms with van der Waals surface area (Å²) in [5, 5.41) is 6.73. The number of likely N-dealkylation sites (tertiary alicyclic amines) is 1. The smallest absolute Gasteiger partial charge is 0.216 e. The van der Waals surface area contributed by atoms with Crippen molar-refractivity contribution in [1.82, 2.24) is 20.5 Å². The van der Waals surface area contributed by atoms with Crippen LogP contribution in [0.5, 0.6) is 0 Å². The van der Waals surface area contributed by atoms with E-state index in [1.807, 2.05) is 13.8 Å². The molecule has 1 aromatic heterocycles. The maximum Gasteiger partial charge on any atom is 0.216 e. The molecule has 0 amide bonds. The molecular formula is C16H29N5O. The van der Waals surface area contributed by atoms with E-state index in [1.165, 1.54) is 19.4 Å². The molecule has 0 saturated carbocycles. The molecule has 0 radical (unpaired) electrons. The molecule has 1 fully saturated rings. The van der Waals surface area contributed by atoms with E-state index in [1.54, 1.807) is 0 Å². The van der Waals surface area contributed by atoms with Crippen LogP contribution in [0.15, 0.2) is 9.41 Å². The summed E-state index contributed by atoms with van der Waals surface area (Å²) in [6.45, 7) is 10.6. The zero-order valence-electron chi connectivity index (χ0n) is 14.3. The van der Waals surface area contributed by atoms with E-state index < -0.39 is 0 Å². The van der Waals surface area contributed by atoms with Crippen LogP contribution in [0.2, 0.25) is 0 Å². The van der Waals surface area contributed by atoms with E-state index in [2.05, 4.69) is 39.5 Å². The second kappa shape index (κ2) is 8.17. The Morgan fingerprint density at radius 1 is 1.41 bits per heavy atom. The Morgan fingerprint density at radius 3 is 2.86 bits per heavy atom. The molecule has 2 heterocycles. The number of guanidine groups is 1. The molecule has 6 nitrogen and oxygen atoms in total. The Kier molecular flexibility index (Phi) is 6.24. The van der Waals surface area contributed by atoms with Gasteiger partial charge in [0.15, 0.2) is 5.96 Å². The highest BCUT2D eigenvalue weighted by Gasteiger charge is 2.17. The monoisotopic (exact) mass is 307 g/mol. The predicted molar refractivity (Wildman–Crippen MR) is 89.0 cm³/mol. The molecule has 2 N–H and O–H groups in total.